The van der Waals surface area contributed by atoms with Crippen molar-refractivity contribution in [2.24, 2.45) is 0 Å². The highest BCUT2D eigenvalue weighted by molar-refractivity contribution is 6.51. The first-order valence-corrected chi connectivity index (χ1v) is 10.9. The average molecular weight is 482 g/mol. The van der Waals surface area contributed by atoms with E-state index in [1.807, 2.05) is 6.92 Å². The van der Waals surface area contributed by atoms with Crippen molar-refractivity contribution in [3.05, 3.63) is 94.3 Å². The molecule has 0 aromatic heterocycles. The van der Waals surface area contributed by atoms with Gasteiger partial charge in [0.15, 0.2) is 0 Å². The molecule has 174 valence electrons. The fourth-order valence-corrected chi connectivity index (χ4v) is 4.04. The van der Waals surface area contributed by atoms with E-state index in [0.717, 1.165) is 6.07 Å². The maximum absolute atomic E-state index is 13.8. The minimum absolute atomic E-state index is 0.0974. The van der Waals surface area contributed by atoms with E-state index >= 15 is 0 Å². The minimum atomic E-state index is -0.973. The summed E-state index contributed by atoms with van der Waals surface area (Å²) in [5.41, 5.74) is 1.02. The van der Waals surface area contributed by atoms with E-state index in [1.54, 1.807) is 48.5 Å². The molecule has 1 amide bonds. The number of hydrogen-bond acceptors (Lipinski definition) is 5. The highest BCUT2D eigenvalue weighted by Gasteiger charge is 2.47. The molecule has 1 N–H and O–H groups in total. The summed E-state index contributed by atoms with van der Waals surface area (Å²) in [5.74, 6) is -1.54. The van der Waals surface area contributed by atoms with Crippen molar-refractivity contribution in [3.8, 4) is 11.5 Å². The SMILES string of the molecule is CCOc1ccc(/C(O)=C2\C(=O)C(=O)N(c3ccc(F)c(Cl)c3)C2c2ccc(OC)cc2)cc1. The number of ketones is 1. The molecule has 0 aliphatic carbocycles. The molecule has 3 aromatic rings. The number of hydrogen-bond donors (Lipinski definition) is 1. The number of carbonyl (C=O) groups excluding carboxylic acids is 2. The fourth-order valence-electron chi connectivity index (χ4n) is 3.87. The van der Waals surface area contributed by atoms with Crippen molar-refractivity contribution in [3.63, 3.8) is 0 Å². The topological polar surface area (TPSA) is 76.1 Å². The lowest BCUT2D eigenvalue weighted by molar-refractivity contribution is -0.132. The predicted octanol–water partition coefficient (Wildman–Crippen LogP) is 5.51. The van der Waals surface area contributed by atoms with Crippen LogP contribution in [0.15, 0.2) is 72.3 Å². The zero-order chi connectivity index (χ0) is 24.4. The first kappa shape index (κ1) is 23.3. The van der Waals surface area contributed by atoms with Crippen molar-refractivity contribution in [2.75, 3.05) is 18.6 Å². The Hall–Kier alpha value is -3.84. The van der Waals surface area contributed by atoms with Gasteiger partial charge in [-0.15, -0.1) is 0 Å². The number of aliphatic hydroxyl groups is 1. The predicted molar refractivity (Wildman–Crippen MR) is 127 cm³/mol. The number of nitrogens with zero attached hydrogens (tertiary/aromatic N) is 1. The number of Topliss-reactive ketones (excluding diaryl/α,β-unsaturated/α-hetero) is 1. The van der Waals surface area contributed by atoms with Crippen LogP contribution in [0.1, 0.15) is 24.1 Å². The quantitative estimate of drug-likeness (QED) is 0.285. The lowest BCUT2D eigenvalue weighted by atomic mass is 9.95. The van der Waals surface area contributed by atoms with Crippen molar-refractivity contribution in [1.29, 1.82) is 0 Å². The Morgan fingerprint density at radius 3 is 2.26 bits per heavy atom. The molecule has 1 atom stereocenters. The standard InChI is InChI=1S/C26H21ClFNO5/c1-3-34-19-11-6-16(7-12-19)24(30)22-23(15-4-9-18(33-2)10-5-15)29(26(32)25(22)31)17-8-13-21(28)20(27)14-17/h4-14,23,30H,3H2,1-2H3/b24-22+. The van der Waals surface area contributed by atoms with Crippen LogP contribution in [0.3, 0.4) is 0 Å². The molecular formula is C26H21ClFNO5. The van der Waals surface area contributed by atoms with E-state index in [0.29, 0.717) is 29.2 Å². The third-order valence-corrected chi connectivity index (χ3v) is 5.79. The molecule has 0 bridgehead atoms. The second-order valence-corrected chi connectivity index (χ2v) is 7.91. The van der Waals surface area contributed by atoms with Gasteiger partial charge >= 0.3 is 0 Å². The Balaban J connectivity index is 1.89. The maximum Gasteiger partial charge on any atom is 0.300 e. The number of ether oxygens (including phenoxy) is 2. The summed E-state index contributed by atoms with van der Waals surface area (Å²) in [5, 5.41) is 11.0. The van der Waals surface area contributed by atoms with E-state index in [9.17, 15) is 19.1 Å². The number of rotatable bonds is 6. The zero-order valence-electron chi connectivity index (χ0n) is 18.4. The van der Waals surface area contributed by atoms with Crippen LogP contribution < -0.4 is 14.4 Å². The van der Waals surface area contributed by atoms with Gasteiger partial charge in [0.05, 0.1) is 30.4 Å². The smallest absolute Gasteiger partial charge is 0.300 e. The van der Waals surface area contributed by atoms with Gasteiger partial charge in [0, 0.05) is 11.3 Å². The van der Waals surface area contributed by atoms with Crippen LogP contribution in [0.4, 0.5) is 10.1 Å². The number of anilines is 1. The molecule has 1 unspecified atom stereocenters. The molecule has 1 saturated heterocycles. The van der Waals surface area contributed by atoms with Crippen LogP contribution in [0.5, 0.6) is 11.5 Å². The Morgan fingerprint density at radius 2 is 1.68 bits per heavy atom. The summed E-state index contributed by atoms with van der Waals surface area (Å²) in [4.78, 5) is 27.5. The van der Waals surface area contributed by atoms with Crippen LogP contribution in [0, 0.1) is 5.82 Å². The van der Waals surface area contributed by atoms with Crippen LogP contribution in [-0.2, 0) is 9.59 Å². The normalized spacial score (nSPS) is 17.2. The van der Waals surface area contributed by atoms with Crippen molar-refractivity contribution >= 4 is 34.7 Å². The van der Waals surface area contributed by atoms with Crippen LogP contribution in [0.2, 0.25) is 5.02 Å². The van der Waals surface area contributed by atoms with Crippen LogP contribution >= 0.6 is 11.6 Å². The molecule has 4 rings (SSSR count). The van der Waals surface area contributed by atoms with E-state index in [2.05, 4.69) is 0 Å². The second-order valence-electron chi connectivity index (χ2n) is 7.50. The van der Waals surface area contributed by atoms with Gasteiger partial charge in [0.1, 0.15) is 23.1 Å². The molecule has 8 heteroatoms. The lowest BCUT2D eigenvalue weighted by Crippen LogP contribution is -2.29. The second kappa shape index (κ2) is 9.57. The molecule has 1 fully saturated rings. The maximum atomic E-state index is 13.8. The molecule has 1 aliphatic rings. The summed E-state index contributed by atoms with van der Waals surface area (Å²) in [7, 11) is 1.52. The van der Waals surface area contributed by atoms with Gasteiger partial charge in [0.25, 0.3) is 11.7 Å². The Morgan fingerprint density at radius 1 is 1.03 bits per heavy atom. The third kappa shape index (κ3) is 4.22. The van der Waals surface area contributed by atoms with Gasteiger partial charge in [-0.1, -0.05) is 23.7 Å². The molecule has 3 aromatic carbocycles. The molecule has 0 spiro atoms. The number of halogens is 2. The minimum Gasteiger partial charge on any atom is -0.507 e. The van der Waals surface area contributed by atoms with E-state index in [4.69, 9.17) is 21.1 Å². The molecule has 1 aliphatic heterocycles. The molecular weight excluding hydrogens is 461 g/mol. The summed E-state index contributed by atoms with van der Waals surface area (Å²) >= 11 is 5.96. The van der Waals surface area contributed by atoms with Gasteiger partial charge in [0.2, 0.25) is 0 Å². The van der Waals surface area contributed by atoms with E-state index in [-0.39, 0.29) is 22.0 Å². The fraction of sp³-hybridized carbons (Fsp3) is 0.154. The summed E-state index contributed by atoms with van der Waals surface area (Å²) < 4.78 is 24.4. The first-order chi connectivity index (χ1) is 16.3. The Kier molecular flexibility index (Phi) is 6.56. The van der Waals surface area contributed by atoms with E-state index in [1.165, 1.54) is 24.1 Å². The molecule has 0 saturated carbocycles. The molecule has 34 heavy (non-hydrogen) atoms. The van der Waals surface area contributed by atoms with Gasteiger partial charge in [-0.05, 0) is 67.1 Å². The van der Waals surface area contributed by atoms with Crippen molar-refractivity contribution < 1.29 is 28.6 Å². The van der Waals surface area contributed by atoms with Gasteiger partial charge < -0.3 is 14.6 Å². The highest BCUT2D eigenvalue weighted by Crippen LogP contribution is 2.43. The van der Waals surface area contributed by atoms with Crippen molar-refractivity contribution in [2.45, 2.75) is 13.0 Å². The average Bonchev–Trinajstić information content (AvgIpc) is 3.11. The number of benzene rings is 3. The largest absolute Gasteiger partial charge is 0.507 e. The summed E-state index contributed by atoms with van der Waals surface area (Å²) in [6.07, 6.45) is 0. The van der Waals surface area contributed by atoms with Crippen molar-refractivity contribution in [1.82, 2.24) is 0 Å². The number of methoxy groups -OCH3 is 1. The summed E-state index contributed by atoms with van der Waals surface area (Å²) in [6, 6.07) is 16.1. The molecule has 6 nitrogen and oxygen atoms in total. The number of aliphatic hydroxyl groups excluding tert-OH is 1. The van der Waals surface area contributed by atoms with Gasteiger partial charge in [-0.25, -0.2) is 4.39 Å². The lowest BCUT2D eigenvalue weighted by Gasteiger charge is -2.25. The number of carbonyl (C=O) groups is 2. The Labute approximate surface area is 200 Å². The zero-order valence-corrected chi connectivity index (χ0v) is 19.2. The van der Waals surface area contributed by atoms with Gasteiger partial charge in [-0.2, -0.15) is 0 Å². The highest BCUT2D eigenvalue weighted by atomic mass is 35.5. The number of amides is 1. The molecule has 0 radical (unpaired) electrons. The molecule has 1 heterocycles. The first-order valence-electron chi connectivity index (χ1n) is 10.5. The Bertz CT molecular complexity index is 1270. The third-order valence-electron chi connectivity index (χ3n) is 5.50. The van der Waals surface area contributed by atoms with Gasteiger partial charge in [-0.3, -0.25) is 14.5 Å². The van der Waals surface area contributed by atoms with Crippen LogP contribution in [-0.4, -0.2) is 30.5 Å². The van der Waals surface area contributed by atoms with Crippen LogP contribution in [0.25, 0.3) is 5.76 Å². The van der Waals surface area contributed by atoms with E-state index < -0.39 is 23.5 Å². The monoisotopic (exact) mass is 481 g/mol. The summed E-state index contributed by atoms with van der Waals surface area (Å²) in [6.45, 7) is 2.33.